The summed E-state index contributed by atoms with van der Waals surface area (Å²) in [6.45, 7) is 7.19. The molecule has 0 radical (unpaired) electrons. The van der Waals surface area contributed by atoms with Crippen LogP contribution in [0.2, 0.25) is 0 Å². The Morgan fingerprint density at radius 3 is 1.50 bits per heavy atom. The Morgan fingerprint density at radius 2 is 1.10 bits per heavy atom. The first-order valence-electron chi connectivity index (χ1n) is 18.9. The lowest BCUT2D eigenvalue weighted by atomic mass is 9.59. The number of hydrogen-bond donors (Lipinski definition) is 1. The first kappa shape index (κ1) is 37.3. The van der Waals surface area contributed by atoms with E-state index in [2.05, 4.69) is 13.8 Å². The molecule has 0 aromatic heterocycles. The Bertz CT molecular complexity index is 1370. The van der Waals surface area contributed by atoms with E-state index in [1.165, 1.54) is 0 Å². The van der Waals surface area contributed by atoms with Crippen molar-refractivity contribution in [3.63, 3.8) is 0 Å². The fourth-order valence-electron chi connectivity index (χ4n) is 11.0. The molecule has 2 spiro atoms. The van der Waals surface area contributed by atoms with E-state index in [-0.39, 0.29) is 54.5 Å². The highest BCUT2D eigenvalue weighted by molar-refractivity contribution is 5.32. The predicted molar refractivity (Wildman–Crippen MR) is 169 cm³/mol. The third kappa shape index (κ3) is 5.74. The van der Waals surface area contributed by atoms with Crippen molar-refractivity contribution < 1.29 is 64.8 Å². The van der Waals surface area contributed by atoms with Crippen LogP contribution >= 0.6 is 0 Å². The van der Waals surface area contributed by atoms with E-state index in [4.69, 9.17) is 44.2 Å². The molecule has 10 aliphatic rings. The Labute approximate surface area is 299 Å². The van der Waals surface area contributed by atoms with Crippen LogP contribution in [0.3, 0.4) is 0 Å². The van der Waals surface area contributed by atoms with Crippen LogP contribution in [0.25, 0.3) is 0 Å². The molecule has 6 saturated heterocycles. The summed E-state index contributed by atoms with van der Waals surface area (Å²) in [7, 11) is 0. The van der Waals surface area contributed by atoms with Crippen molar-refractivity contribution in [1.82, 2.24) is 4.90 Å². The standard InChI is InChI=1S/C36H50F6N2O8/c1-19-7-9-25-21(27(35(37,38)39)45-29-33(25)23(19)11-13-31(3,47-29)49-51-33)17-44(16-6-5-15-43)18-22-26-10-8-20(2)24-12-14-32(4)48-30(34(24,26)52-50-32)46-28(22)36(40,41)42/h19-20,23-26,29-30H,5-18,43H2,1-4H3/t19-,20-,23+,24+,25+,26+,29-,30-,31+,32+,33-,34-/m1/s1. The summed E-state index contributed by atoms with van der Waals surface area (Å²) >= 11 is 0. The second kappa shape index (κ2) is 12.7. The number of allylic oxidation sites excluding steroid dienone is 2. The van der Waals surface area contributed by atoms with E-state index in [1.54, 1.807) is 18.7 Å². The normalized spacial score (nSPS) is 45.6. The Balaban J connectivity index is 1.21. The van der Waals surface area contributed by atoms with Crippen molar-refractivity contribution in [2.45, 2.75) is 140 Å². The molecule has 294 valence electrons. The molecule has 16 heteroatoms. The summed E-state index contributed by atoms with van der Waals surface area (Å²) in [5.74, 6) is -6.87. The first-order valence-corrected chi connectivity index (χ1v) is 18.9. The lowest BCUT2D eigenvalue weighted by Crippen LogP contribution is -2.68. The number of hydrogen-bond acceptors (Lipinski definition) is 10. The molecule has 10 rings (SSSR count). The molecule has 2 saturated carbocycles. The zero-order valence-corrected chi connectivity index (χ0v) is 30.1. The summed E-state index contributed by atoms with van der Waals surface area (Å²) in [5.41, 5.74) is 2.95. The van der Waals surface area contributed by atoms with Gasteiger partial charge in [0.1, 0.15) is 0 Å². The number of nitrogens with zero attached hydrogens (tertiary/aromatic N) is 1. The van der Waals surface area contributed by atoms with Gasteiger partial charge in [-0.3, -0.25) is 4.90 Å². The highest BCUT2D eigenvalue weighted by Crippen LogP contribution is 2.63. The fraction of sp³-hybridized carbons (Fsp3) is 0.889. The molecule has 4 bridgehead atoms. The van der Waals surface area contributed by atoms with Crippen molar-refractivity contribution >= 4 is 0 Å². The molecule has 2 aliphatic carbocycles. The van der Waals surface area contributed by atoms with Gasteiger partial charge in [-0.05, 0) is 101 Å². The van der Waals surface area contributed by atoms with E-state index >= 15 is 26.3 Å². The van der Waals surface area contributed by atoms with Gasteiger partial charge in [-0.25, -0.2) is 19.6 Å². The molecule has 12 atom stereocenters. The number of halogens is 6. The minimum atomic E-state index is -4.91. The third-order valence-corrected chi connectivity index (χ3v) is 13.5. The highest BCUT2D eigenvalue weighted by atomic mass is 19.4. The second-order valence-corrected chi connectivity index (χ2v) is 16.9. The minimum absolute atomic E-state index is 0.0750. The number of alkyl halides is 6. The molecule has 2 N–H and O–H groups in total. The number of nitrogens with two attached hydrogens (primary N) is 1. The van der Waals surface area contributed by atoms with Crippen LogP contribution < -0.4 is 5.73 Å². The number of rotatable bonds is 8. The average Bonchev–Trinajstić information content (AvgIpc) is 3.44. The maximum Gasteiger partial charge on any atom is 0.449 e. The average molecular weight is 753 g/mol. The van der Waals surface area contributed by atoms with Crippen molar-refractivity contribution in [3.8, 4) is 0 Å². The van der Waals surface area contributed by atoms with Gasteiger partial charge in [0.15, 0.2) is 11.2 Å². The van der Waals surface area contributed by atoms with Crippen LogP contribution in [0, 0.1) is 35.5 Å². The SMILES string of the molecule is C[C@@H]1CC[C@H]2C(CN(CCCCN)CC3=C(C(F)(F)F)O[C@@H]4O[C@]5(C)CC[C@H]6[C@H](C)CC[C@@H]3[C@@]46OO5)=C(C(F)(F)F)O[C@@H]3O[C@]4(C)CC[C@@H]1[C@]32OO4. The first-order chi connectivity index (χ1) is 24.4. The van der Waals surface area contributed by atoms with Gasteiger partial charge in [0.2, 0.25) is 35.7 Å². The van der Waals surface area contributed by atoms with Gasteiger partial charge >= 0.3 is 12.4 Å². The van der Waals surface area contributed by atoms with Crippen LogP contribution in [0.1, 0.15) is 91.9 Å². The molecule has 0 amide bonds. The molecular weight excluding hydrogens is 702 g/mol. The zero-order chi connectivity index (χ0) is 37.1. The smallest absolute Gasteiger partial charge is 0.449 e. The summed E-state index contributed by atoms with van der Waals surface area (Å²) in [6, 6.07) is 0. The largest absolute Gasteiger partial charge is 0.456 e. The summed E-state index contributed by atoms with van der Waals surface area (Å²) in [4.78, 5) is 25.6. The fourth-order valence-corrected chi connectivity index (χ4v) is 11.0. The monoisotopic (exact) mass is 752 g/mol. The maximum absolute atomic E-state index is 15.1. The van der Waals surface area contributed by atoms with Crippen LogP contribution in [-0.4, -0.2) is 78.8 Å². The van der Waals surface area contributed by atoms with E-state index in [0.29, 0.717) is 70.8 Å². The van der Waals surface area contributed by atoms with Gasteiger partial charge in [0.25, 0.3) is 0 Å². The van der Waals surface area contributed by atoms with Gasteiger partial charge in [0, 0.05) is 49.6 Å². The second-order valence-electron chi connectivity index (χ2n) is 16.9. The van der Waals surface area contributed by atoms with Gasteiger partial charge in [-0.2, -0.15) is 26.3 Å². The summed E-state index contributed by atoms with van der Waals surface area (Å²) in [5, 5.41) is 0. The van der Waals surface area contributed by atoms with E-state index < -0.39 is 71.1 Å². The number of unbranched alkanes of at least 4 members (excludes halogenated alkanes) is 1. The molecule has 8 heterocycles. The van der Waals surface area contributed by atoms with E-state index in [1.807, 2.05) is 0 Å². The molecule has 0 aromatic carbocycles. The lowest BCUT2D eigenvalue weighted by molar-refractivity contribution is -0.558. The van der Waals surface area contributed by atoms with Crippen molar-refractivity contribution in [2.24, 2.45) is 41.2 Å². The molecule has 0 unspecified atom stereocenters. The Morgan fingerprint density at radius 1 is 0.654 bits per heavy atom. The van der Waals surface area contributed by atoms with Crippen molar-refractivity contribution in [3.05, 3.63) is 22.7 Å². The van der Waals surface area contributed by atoms with Crippen molar-refractivity contribution in [1.29, 1.82) is 0 Å². The van der Waals surface area contributed by atoms with E-state index in [0.717, 1.165) is 0 Å². The van der Waals surface area contributed by atoms with Crippen LogP contribution in [0.15, 0.2) is 22.7 Å². The molecule has 8 aliphatic heterocycles. The van der Waals surface area contributed by atoms with Crippen LogP contribution in [0.5, 0.6) is 0 Å². The number of ether oxygens (including phenoxy) is 4. The summed E-state index contributed by atoms with van der Waals surface area (Å²) < 4.78 is 115. The molecule has 8 fully saturated rings. The molecule has 52 heavy (non-hydrogen) atoms. The minimum Gasteiger partial charge on any atom is -0.456 e. The maximum atomic E-state index is 15.1. The van der Waals surface area contributed by atoms with Crippen LogP contribution in [0.4, 0.5) is 26.3 Å². The summed E-state index contributed by atoms with van der Waals surface area (Å²) in [6.07, 6.45) is -7.66. The quantitative estimate of drug-likeness (QED) is 0.156. The predicted octanol–water partition coefficient (Wildman–Crippen LogP) is 7.15. The Kier molecular flexibility index (Phi) is 9.09. The zero-order valence-electron chi connectivity index (χ0n) is 30.1. The van der Waals surface area contributed by atoms with E-state index in [9.17, 15) is 0 Å². The highest BCUT2D eigenvalue weighted by Gasteiger charge is 2.72. The van der Waals surface area contributed by atoms with Crippen molar-refractivity contribution in [2.75, 3.05) is 26.2 Å². The van der Waals surface area contributed by atoms with Gasteiger partial charge in [-0.15, -0.1) is 0 Å². The van der Waals surface area contributed by atoms with Gasteiger partial charge in [-0.1, -0.05) is 13.8 Å². The molecular formula is C36H50F6N2O8. The third-order valence-electron chi connectivity index (χ3n) is 13.5. The van der Waals surface area contributed by atoms with Crippen LogP contribution in [-0.2, 0) is 38.5 Å². The molecule has 0 aromatic rings. The van der Waals surface area contributed by atoms with Gasteiger partial charge in [0.05, 0.1) is 0 Å². The topological polar surface area (TPSA) is 103 Å². The Hall–Kier alpha value is -1.66. The molecule has 10 nitrogen and oxygen atoms in total. The van der Waals surface area contributed by atoms with Gasteiger partial charge < -0.3 is 24.7 Å². The lowest BCUT2D eigenvalue weighted by Gasteiger charge is -2.58. The number of fused-ring (bicyclic) bond motifs is 4.